The predicted octanol–water partition coefficient (Wildman–Crippen LogP) is 3.20. The van der Waals surface area contributed by atoms with Crippen molar-refractivity contribution in [3.8, 4) is 0 Å². The van der Waals surface area contributed by atoms with E-state index >= 15 is 0 Å². The van der Waals surface area contributed by atoms with Gasteiger partial charge < -0.3 is 10.9 Å². The maximum atomic E-state index is 12.4. The Hall–Kier alpha value is -1.98. The largest absolute Gasteiger partial charge is 0.618 e. The van der Waals surface area contributed by atoms with Crippen LogP contribution in [0.15, 0.2) is 30.6 Å². The third-order valence-electron chi connectivity index (χ3n) is 4.71. The summed E-state index contributed by atoms with van der Waals surface area (Å²) in [6, 6.07) is 6.21. The maximum Gasteiger partial charge on any atom is 0.209 e. The van der Waals surface area contributed by atoms with Crippen LogP contribution in [0.5, 0.6) is 0 Å². The van der Waals surface area contributed by atoms with Crippen molar-refractivity contribution in [2.75, 3.05) is 13.1 Å². The van der Waals surface area contributed by atoms with Crippen molar-refractivity contribution in [1.82, 2.24) is 9.88 Å². The standard InChI is InChI=1S/C21H32N4O/c1-16(2)19-8-7-10-23-20(19)14-24(11-6-5-9-22)15-21-18(4)12-17(3)13-25(21)26/h7-8,10,12-13,16H,5-6,9,11,14-15,22H2,1-4H3. The van der Waals surface area contributed by atoms with Gasteiger partial charge in [0.25, 0.3) is 0 Å². The number of pyridine rings is 2. The van der Waals surface area contributed by atoms with Gasteiger partial charge in [-0.3, -0.25) is 9.88 Å². The topological polar surface area (TPSA) is 69.1 Å². The van der Waals surface area contributed by atoms with E-state index in [0.29, 0.717) is 19.0 Å². The molecule has 0 atom stereocenters. The third kappa shape index (κ3) is 5.51. The maximum absolute atomic E-state index is 12.4. The molecular weight excluding hydrogens is 324 g/mol. The van der Waals surface area contributed by atoms with Gasteiger partial charge in [-0.2, -0.15) is 4.73 Å². The van der Waals surface area contributed by atoms with Crippen LogP contribution >= 0.6 is 0 Å². The van der Waals surface area contributed by atoms with E-state index < -0.39 is 0 Å². The SMILES string of the molecule is Cc1cc(C)c(CN(CCCCN)Cc2ncccc2C(C)C)[n+]([O-])c1. The second-order valence-electron chi connectivity index (χ2n) is 7.37. The number of aromatic nitrogens is 2. The second kappa shape index (κ2) is 9.64. The van der Waals surface area contributed by atoms with Gasteiger partial charge in [-0.05, 0) is 63.4 Å². The van der Waals surface area contributed by atoms with Crippen molar-refractivity contribution in [3.63, 3.8) is 0 Å². The molecule has 0 unspecified atom stereocenters. The fourth-order valence-corrected chi connectivity index (χ4v) is 3.32. The van der Waals surface area contributed by atoms with Gasteiger partial charge in [-0.1, -0.05) is 19.9 Å². The van der Waals surface area contributed by atoms with Crippen LogP contribution in [-0.4, -0.2) is 23.0 Å². The summed E-state index contributed by atoms with van der Waals surface area (Å²) in [6.45, 7) is 11.3. The van der Waals surface area contributed by atoms with Gasteiger partial charge in [-0.15, -0.1) is 0 Å². The predicted molar refractivity (Wildman–Crippen MR) is 106 cm³/mol. The van der Waals surface area contributed by atoms with Crippen LogP contribution < -0.4 is 10.5 Å². The van der Waals surface area contributed by atoms with E-state index in [4.69, 9.17) is 5.73 Å². The zero-order valence-corrected chi connectivity index (χ0v) is 16.5. The van der Waals surface area contributed by atoms with E-state index in [2.05, 4.69) is 35.9 Å². The molecule has 0 saturated heterocycles. The summed E-state index contributed by atoms with van der Waals surface area (Å²) in [5.41, 5.74) is 10.9. The molecule has 2 heterocycles. The van der Waals surface area contributed by atoms with E-state index in [1.807, 2.05) is 26.1 Å². The first-order chi connectivity index (χ1) is 12.4. The summed E-state index contributed by atoms with van der Waals surface area (Å²) in [7, 11) is 0. The van der Waals surface area contributed by atoms with Crippen molar-refractivity contribution in [1.29, 1.82) is 0 Å². The van der Waals surface area contributed by atoms with E-state index in [-0.39, 0.29) is 0 Å². The smallest absolute Gasteiger partial charge is 0.209 e. The molecule has 142 valence electrons. The van der Waals surface area contributed by atoms with Crippen molar-refractivity contribution in [2.24, 2.45) is 5.73 Å². The monoisotopic (exact) mass is 356 g/mol. The summed E-state index contributed by atoms with van der Waals surface area (Å²) >= 11 is 0. The van der Waals surface area contributed by atoms with Gasteiger partial charge in [-0.25, -0.2) is 0 Å². The molecule has 26 heavy (non-hydrogen) atoms. The minimum Gasteiger partial charge on any atom is -0.618 e. The Kier molecular flexibility index (Phi) is 7.54. The number of rotatable bonds is 9. The molecule has 0 aliphatic rings. The van der Waals surface area contributed by atoms with Crippen LogP contribution in [0, 0.1) is 19.1 Å². The van der Waals surface area contributed by atoms with Gasteiger partial charge >= 0.3 is 0 Å². The van der Waals surface area contributed by atoms with Crippen LogP contribution in [0.25, 0.3) is 0 Å². The Balaban J connectivity index is 2.24. The van der Waals surface area contributed by atoms with Crippen LogP contribution in [0.2, 0.25) is 0 Å². The Morgan fingerprint density at radius 3 is 2.65 bits per heavy atom. The van der Waals surface area contributed by atoms with E-state index in [0.717, 1.165) is 53.2 Å². The van der Waals surface area contributed by atoms with Crippen LogP contribution in [-0.2, 0) is 13.1 Å². The molecule has 5 heteroatoms. The van der Waals surface area contributed by atoms with Crippen molar-refractivity contribution >= 4 is 0 Å². The van der Waals surface area contributed by atoms with Gasteiger partial charge in [0.2, 0.25) is 5.69 Å². The highest BCUT2D eigenvalue weighted by Crippen LogP contribution is 2.20. The van der Waals surface area contributed by atoms with Crippen molar-refractivity contribution in [3.05, 3.63) is 63.9 Å². The molecule has 0 bridgehead atoms. The lowest BCUT2D eigenvalue weighted by atomic mass is 10.0. The fourth-order valence-electron chi connectivity index (χ4n) is 3.32. The Morgan fingerprint density at radius 2 is 2.00 bits per heavy atom. The van der Waals surface area contributed by atoms with Crippen LogP contribution in [0.4, 0.5) is 0 Å². The molecule has 0 amide bonds. The molecule has 0 aliphatic carbocycles. The lowest BCUT2D eigenvalue weighted by Crippen LogP contribution is -2.38. The van der Waals surface area contributed by atoms with Gasteiger partial charge in [0.05, 0.1) is 12.2 Å². The number of nitrogens with two attached hydrogens (primary N) is 1. The second-order valence-corrected chi connectivity index (χ2v) is 7.37. The quantitative estimate of drug-likeness (QED) is 0.425. The van der Waals surface area contributed by atoms with E-state index in [1.54, 1.807) is 6.20 Å². The first-order valence-corrected chi connectivity index (χ1v) is 9.47. The number of hydrogen-bond acceptors (Lipinski definition) is 4. The molecule has 2 aromatic rings. The highest BCUT2D eigenvalue weighted by atomic mass is 16.5. The van der Waals surface area contributed by atoms with Gasteiger partial charge in [0.15, 0.2) is 6.20 Å². The first kappa shape index (κ1) is 20.3. The number of nitrogens with zero attached hydrogens (tertiary/aromatic N) is 3. The van der Waals surface area contributed by atoms with Crippen molar-refractivity contribution in [2.45, 2.75) is 59.5 Å². The molecule has 5 nitrogen and oxygen atoms in total. The van der Waals surface area contributed by atoms with E-state index in [9.17, 15) is 5.21 Å². The van der Waals surface area contributed by atoms with Gasteiger partial charge in [0.1, 0.15) is 0 Å². The summed E-state index contributed by atoms with van der Waals surface area (Å²) in [5, 5.41) is 12.4. The summed E-state index contributed by atoms with van der Waals surface area (Å²) < 4.78 is 1.02. The summed E-state index contributed by atoms with van der Waals surface area (Å²) in [4.78, 5) is 6.93. The third-order valence-corrected chi connectivity index (χ3v) is 4.71. The first-order valence-electron chi connectivity index (χ1n) is 9.47. The molecule has 2 N–H and O–H groups in total. The molecule has 2 rings (SSSR count). The fraction of sp³-hybridized carbons (Fsp3) is 0.524. The minimum atomic E-state index is 0.426. The van der Waals surface area contributed by atoms with E-state index in [1.165, 1.54) is 5.56 Å². The molecule has 0 fully saturated rings. The number of unbranched alkanes of at least 4 members (excludes halogenated alkanes) is 1. The molecular formula is C21H32N4O. The highest BCUT2D eigenvalue weighted by Gasteiger charge is 2.18. The lowest BCUT2D eigenvalue weighted by Gasteiger charge is -2.24. The van der Waals surface area contributed by atoms with Crippen LogP contribution in [0.3, 0.4) is 0 Å². The lowest BCUT2D eigenvalue weighted by molar-refractivity contribution is -0.616. The molecule has 2 aromatic heterocycles. The van der Waals surface area contributed by atoms with Gasteiger partial charge in [0, 0.05) is 23.9 Å². The molecule has 0 spiro atoms. The summed E-state index contributed by atoms with van der Waals surface area (Å²) in [5.74, 6) is 0.426. The Bertz CT molecular complexity index is 692. The number of hydrogen-bond donors (Lipinski definition) is 1. The average Bonchev–Trinajstić information content (AvgIpc) is 2.58. The molecule has 0 radical (unpaired) electrons. The molecule has 0 aliphatic heterocycles. The highest BCUT2D eigenvalue weighted by molar-refractivity contribution is 5.23. The minimum absolute atomic E-state index is 0.426. The van der Waals surface area contributed by atoms with Crippen molar-refractivity contribution < 1.29 is 4.73 Å². The molecule has 0 aromatic carbocycles. The normalized spacial score (nSPS) is 11.5. The number of aryl methyl sites for hydroxylation is 2. The summed E-state index contributed by atoms with van der Waals surface area (Å²) in [6.07, 6.45) is 5.51. The Labute approximate surface area is 157 Å². The van der Waals surface area contributed by atoms with Crippen LogP contribution in [0.1, 0.15) is 60.7 Å². The zero-order valence-electron chi connectivity index (χ0n) is 16.5. The average molecular weight is 357 g/mol. The zero-order chi connectivity index (χ0) is 19.1. The molecule has 0 saturated carbocycles. The Morgan fingerprint density at radius 1 is 1.23 bits per heavy atom.